The number of nitrogens with zero attached hydrogens (tertiary/aromatic N) is 1. The number of ether oxygens (including phenoxy) is 2. The Labute approximate surface area is 126 Å². The molecule has 1 rings (SSSR count). The number of halogens is 1. The second-order valence-corrected chi connectivity index (χ2v) is 5.64. The van der Waals surface area contributed by atoms with E-state index in [1.54, 1.807) is 14.2 Å². The van der Waals surface area contributed by atoms with Gasteiger partial charge in [0.05, 0.1) is 5.54 Å². The molecule has 2 unspecified atom stereocenters. The van der Waals surface area contributed by atoms with Crippen LogP contribution in [0, 0.1) is 0 Å². The van der Waals surface area contributed by atoms with Crippen molar-refractivity contribution in [1.29, 1.82) is 0 Å². The summed E-state index contributed by atoms with van der Waals surface area (Å²) < 4.78 is 10.8. The van der Waals surface area contributed by atoms with E-state index < -0.39 is 11.8 Å². The molecule has 5 heteroatoms. The van der Waals surface area contributed by atoms with Crippen LogP contribution >= 0.6 is 11.6 Å². The Hall–Kier alpha value is -0.650. The van der Waals surface area contributed by atoms with Crippen LogP contribution in [0.5, 0.6) is 0 Å². The monoisotopic (exact) mass is 300 g/mol. The Morgan fingerprint density at radius 1 is 1.35 bits per heavy atom. The van der Waals surface area contributed by atoms with Crippen LogP contribution < -0.4 is 5.73 Å². The topological polar surface area (TPSA) is 47.7 Å². The maximum atomic E-state index is 6.07. The molecule has 0 aromatic heterocycles. The highest BCUT2D eigenvalue weighted by molar-refractivity contribution is 6.30. The number of hydrogen-bond acceptors (Lipinski definition) is 4. The van der Waals surface area contributed by atoms with E-state index in [1.165, 1.54) is 0 Å². The van der Waals surface area contributed by atoms with Crippen molar-refractivity contribution >= 4 is 11.6 Å². The van der Waals surface area contributed by atoms with E-state index in [2.05, 4.69) is 17.9 Å². The van der Waals surface area contributed by atoms with Gasteiger partial charge in [-0.1, -0.05) is 23.7 Å². The zero-order chi connectivity index (χ0) is 15.3. The summed E-state index contributed by atoms with van der Waals surface area (Å²) in [5, 5.41) is 0.729. The minimum Gasteiger partial charge on any atom is -0.354 e. The summed E-state index contributed by atoms with van der Waals surface area (Å²) in [4.78, 5) is 2.16. The number of hydrogen-bond donors (Lipinski definition) is 1. The smallest absolute Gasteiger partial charge is 0.176 e. The number of benzene rings is 1. The van der Waals surface area contributed by atoms with E-state index >= 15 is 0 Å². The van der Waals surface area contributed by atoms with Gasteiger partial charge in [-0.25, -0.2) is 0 Å². The van der Waals surface area contributed by atoms with Gasteiger partial charge >= 0.3 is 0 Å². The normalized spacial score (nSPS) is 16.4. The highest BCUT2D eigenvalue weighted by atomic mass is 35.5. The molecular formula is C15H25ClN2O2. The standard InChI is InChI=1S/C15H25ClN2O2/c1-11(12-7-6-8-13(16)9-12)18(3)15(2,10-17)14(19-4)20-5/h6-9,11,14H,10,17H2,1-5H3. The maximum Gasteiger partial charge on any atom is 0.176 e. The summed E-state index contributed by atoms with van der Waals surface area (Å²) in [7, 11) is 5.27. The van der Waals surface area contributed by atoms with Crippen molar-refractivity contribution in [1.82, 2.24) is 4.90 Å². The molecule has 0 spiro atoms. The Balaban J connectivity index is 3.04. The van der Waals surface area contributed by atoms with Crippen LogP contribution in [0.15, 0.2) is 24.3 Å². The van der Waals surface area contributed by atoms with Gasteiger partial charge in [0, 0.05) is 31.8 Å². The van der Waals surface area contributed by atoms with Crippen molar-refractivity contribution in [2.24, 2.45) is 5.73 Å². The fourth-order valence-electron chi connectivity index (χ4n) is 2.44. The molecule has 0 aliphatic heterocycles. The lowest BCUT2D eigenvalue weighted by molar-refractivity contribution is -0.183. The van der Waals surface area contributed by atoms with E-state index in [9.17, 15) is 0 Å². The van der Waals surface area contributed by atoms with Gasteiger partial charge in [-0.2, -0.15) is 0 Å². The Morgan fingerprint density at radius 3 is 2.40 bits per heavy atom. The van der Waals surface area contributed by atoms with Crippen molar-refractivity contribution in [2.75, 3.05) is 27.8 Å². The van der Waals surface area contributed by atoms with Gasteiger partial charge in [-0.3, -0.25) is 4.90 Å². The molecule has 0 bridgehead atoms. The Bertz CT molecular complexity index is 426. The first-order valence-corrected chi connectivity index (χ1v) is 7.02. The van der Waals surface area contributed by atoms with Gasteiger partial charge in [0.15, 0.2) is 6.29 Å². The van der Waals surface area contributed by atoms with Crippen LogP contribution in [-0.4, -0.2) is 44.5 Å². The molecule has 0 aliphatic carbocycles. The van der Waals surface area contributed by atoms with Crippen molar-refractivity contribution < 1.29 is 9.47 Å². The molecule has 2 atom stereocenters. The number of rotatable bonds is 7. The van der Waals surface area contributed by atoms with Crippen molar-refractivity contribution in [3.05, 3.63) is 34.9 Å². The van der Waals surface area contributed by atoms with Crippen LogP contribution in [-0.2, 0) is 9.47 Å². The van der Waals surface area contributed by atoms with Crippen LogP contribution in [0.2, 0.25) is 5.02 Å². The zero-order valence-electron chi connectivity index (χ0n) is 12.9. The lowest BCUT2D eigenvalue weighted by Gasteiger charge is -2.45. The quantitative estimate of drug-likeness (QED) is 0.787. The molecule has 0 radical (unpaired) electrons. The highest BCUT2D eigenvalue weighted by Gasteiger charge is 2.40. The third-order valence-corrected chi connectivity index (χ3v) is 4.30. The molecule has 0 saturated carbocycles. The molecule has 0 fully saturated rings. The molecule has 1 aromatic carbocycles. The molecule has 0 amide bonds. The predicted octanol–water partition coefficient (Wildman–Crippen LogP) is 2.67. The third kappa shape index (κ3) is 3.51. The SMILES string of the molecule is COC(OC)C(C)(CN)N(C)C(C)c1cccc(Cl)c1. The summed E-state index contributed by atoms with van der Waals surface area (Å²) in [5.74, 6) is 0. The van der Waals surface area contributed by atoms with Crippen LogP contribution in [0.1, 0.15) is 25.5 Å². The highest BCUT2D eigenvalue weighted by Crippen LogP contribution is 2.30. The molecule has 0 aliphatic rings. The van der Waals surface area contributed by atoms with Gasteiger partial charge in [-0.15, -0.1) is 0 Å². The van der Waals surface area contributed by atoms with Crippen LogP contribution in [0.3, 0.4) is 0 Å². The van der Waals surface area contributed by atoms with E-state index in [0.717, 1.165) is 10.6 Å². The molecule has 20 heavy (non-hydrogen) atoms. The summed E-state index contributed by atoms with van der Waals surface area (Å²) in [6, 6.07) is 7.97. The molecular weight excluding hydrogens is 276 g/mol. The summed E-state index contributed by atoms with van der Waals surface area (Å²) in [6.45, 7) is 4.56. The van der Waals surface area contributed by atoms with Gasteiger partial charge < -0.3 is 15.2 Å². The summed E-state index contributed by atoms with van der Waals surface area (Å²) in [5.41, 5.74) is 6.67. The first kappa shape index (κ1) is 17.4. The van der Waals surface area contributed by atoms with Gasteiger partial charge in [0.25, 0.3) is 0 Å². The average molecular weight is 301 g/mol. The molecule has 1 aromatic rings. The fraction of sp³-hybridized carbons (Fsp3) is 0.600. The number of nitrogens with two attached hydrogens (primary N) is 1. The van der Waals surface area contributed by atoms with Crippen molar-refractivity contribution in [2.45, 2.75) is 31.7 Å². The number of methoxy groups -OCH3 is 2. The van der Waals surface area contributed by atoms with E-state index in [4.69, 9.17) is 26.8 Å². The third-order valence-electron chi connectivity index (χ3n) is 4.07. The van der Waals surface area contributed by atoms with Crippen molar-refractivity contribution in [3.63, 3.8) is 0 Å². The Morgan fingerprint density at radius 2 is 1.95 bits per heavy atom. The largest absolute Gasteiger partial charge is 0.354 e. The van der Waals surface area contributed by atoms with Crippen LogP contribution in [0.25, 0.3) is 0 Å². The zero-order valence-corrected chi connectivity index (χ0v) is 13.6. The van der Waals surface area contributed by atoms with Gasteiger partial charge in [0.1, 0.15) is 0 Å². The number of likely N-dealkylation sites (N-methyl/N-ethyl adjacent to an activating group) is 1. The lowest BCUT2D eigenvalue weighted by atomic mass is 9.95. The first-order chi connectivity index (χ1) is 9.40. The van der Waals surface area contributed by atoms with Crippen molar-refractivity contribution in [3.8, 4) is 0 Å². The summed E-state index contributed by atoms with van der Waals surface area (Å²) in [6.07, 6.45) is -0.404. The maximum absolute atomic E-state index is 6.07. The van der Waals surface area contributed by atoms with E-state index in [0.29, 0.717) is 6.54 Å². The minimum absolute atomic E-state index is 0.134. The minimum atomic E-state index is -0.439. The molecule has 2 N–H and O–H groups in total. The molecule has 0 saturated heterocycles. The van der Waals surface area contributed by atoms with Gasteiger partial charge in [0.2, 0.25) is 0 Å². The molecule has 0 heterocycles. The predicted molar refractivity (Wildman–Crippen MR) is 82.9 cm³/mol. The first-order valence-electron chi connectivity index (χ1n) is 6.64. The van der Waals surface area contributed by atoms with Gasteiger partial charge in [-0.05, 0) is 38.6 Å². The lowest BCUT2D eigenvalue weighted by Crippen LogP contribution is -2.59. The van der Waals surface area contributed by atoms with E-state index in [1.807, 2.05) is 32.2 Å². The average Bonchev–Trinajstić information content (AvgIpc) is 2.46. The van der Waals surface area contributed by atoms with Crippen LogP contribution in [0.4, 0.5) is 0 Å². The molecule has 4 nitrogen and oxygen atoms in total. The summed E-state index contributed by atoms with van der Waals surface area (Å²) >= 11 is 6.07. The second-order valence-electron chi connectivity index (χ2n) is 5.21. The molecule has 114 valence electrons. The fourth-order valence-corrected chi connectivity index (χ4v) is 2.64. The second kappa shape index (κ2) is 7.38. The van der Waals surface area contributed by atoms with E-state index in [-0.39, 0.29) is 6.04 Å². The Kier molecular flexibility index (Phi) is 6.43.